The van der Waals surface area contributed by atoms with Gasteiger partial charge in [0.05, 0.1) is 18.1 Å². The molecule has 3 heterocycles. The zero-order valence-electron chi connectivity index (χ0n) is 14.1. The van der Waals surface area contributed by atoms with Gasteiger partial charge in [0.25, 0.3) is 0 Å². The van der Waals surface area contributed by atoms with Gasteiger partial charge in [-0.25, -0.2) is 0 Å². The first-order valence-electron chi connectivity index (χ1n) is 9.02. The molecule has 1 aromatic carbocycles. The van der Waals surface area contributed by atoms with E-state index >= 15 is 0 Å². The van der Waals surface area contributed by atoms with Gasteiger partial charge in [-0.15, -0.1) is 6.58 Å². The highest BCUT2D eigenvalue weighted by Gasteiger charge is 2.82. The van der Waals surface area contributed by atoms with Crippen LogP contribution in [-0.4, -0.2) is 42.5 Å². The van der Waals surface area contributed by atoms with Crippen LogP contribution in [0.2, 0.25) is 0 Å². The average molecular weight is 336 g/mol. The maximum Gasteiger partial charge on any atom is 0.238 e. The van der Waals surface area contributed by atoms with Gasteiger partial charge in [-0.1, -0.05) is 24.3 Å². The van der Waals surface area contributed by atoms with Crippen LogP contribution in [0, 0.1) is 23.2 Å². The number of fused-ring (bicyclic) bond motifs is 5. The Morgan fingerprint density at radius 2 is 2.16 bits per heavy atom. The number of piperidine rings is 1. The minimum Gasteiger partial charge on any atom is -0.376 e. The fourth-order valence-electron chi connectivity index (χ4n) is 7.17. The monoisotopic (exact) mass is 336 g/mol. The van der Waals surface area contributed by atoms with Crippen molar-refractivity contribution in [3.63, 3.8) is 0 Å². The Hall–Kier alpha value is -2.14. The minimum atomic E-state index is -0.794. The number of benzene rings is 1. The number of ether oxygens (including phenoxy) is 1. The fraction of sp³-hybridized carbons (Fsp3) is 0.500. The molecule has 4 fully saturated rings. The van der Waals surface area contributed by atoms with Gasteiger partial charge in [0.1, 0.15) is 5.41 Å². The normalized spacial score (nSPS) is 48.2. The quantitative estimate of drug-likeness (QED) is 0.792. The van der Waals surface area contributed by atoms with Crippen molar-refractivity contribution in [1.82, 2.24) is 4.90 Å². The fourth-order valence-corrected chi connectivity index (χ4v) is 7.17. The molecule has 0 radical (unpaired) electrons. The molecule has 6 rings (SSSR count). The summed E-state index contributed by atoms with van der Waals surface area (Å²) in [5.41, 5.74) is 0.422. The van der Waals surface area contributed by atoms with Crippen molar-refractivity contribution in [2.24, 2.45) is 23.2 Å². The zero-order valence-corrected chi connectivity index (χ0v) is 14.1. The lowest BCUT2D eigenvalue weighted by molar-refractivity contribution is -0.167. The maximum absolute atomic E-state index is 13.4. The number of likely N-dealkylation sites (tertiary alicyclic amines) is 1. The van der Waals surface area contributed by atoms with Crippen LogP contribution >= 0.6 is 0 Å². The molecule has 5 heteroatoms. The van der Waals surface area contributed by atoms with Crippen LogP contribution in [0.4, 0.5) is 5.69 Å². The van der Waals surface area contributed by atoms with E-state index in [0.717, 1.165) is 17.7 Å². The summed E-state index contributed by atoms with van der Waals surface area (Å²) in [6.07, 6.45) is 2.45. The third kappa shape index (κ3) is 1.14. The smallest absolute Gasteiger partial charge is 0.238 e. The second kappa shape index (κ2) is 3.98. The third-order valence-corrected chi connectivity index (χ3v) is 7.85. The topological polar surface area (TPSA) is 58.6 Å². The number of hydrogen-bond acceptors (Lipinski definition) is 3. The van der Waals surface area contributed by atoms with Crippen molar-refractivity contribution in [2.45, 2.75) is 24.0 Å². The molecule has 7 atom stereocenters. The Morgan fingerprint density at radius 3 is 2.96 bits per heavy atom. The van der Waals surface area contributed by atoms with Crippen molar-refractivity contribution >= 4 is 17.5 Å². The Kier molecular flexibility index (Phi) is 2.24. The van der Waals surface area contributed by atoms with Crippen LogP contribution in [0.15, 0.2) is 36.9 Å². The summed E-state index contributed by atoms with van der Waals surface area (Å²) in [6, 6.07) is 7.93. The van der Waals surface area contributed by atoms with E-state index in [9.17, 15) is 9.59 Å². The molecule has 2 aliphatic carbocycles. The molecule has 25 heavy (non-hydrogen) atoms. The standard InChI is InChI=1S/C20H20N2O3/c1-3-19-12-8-14-20(11-6-4-5-7-13(11)21-17(20)23)16(19)15(10(12)9-25-14)22(2)18(19)24/h3-7,10,12,14-16H,1,8-9H2,2H3,(H,21,23)/t10-,12+,14-,15+,16-,19-,20-/m0/s1. The number of anilines is 1. The molecular weight excluding hydrogens is 316 g/mol. The van der Waals surface area contributed by atoms with Crippen LogP contribution < -0.4 is 5.32 Å². The molecule has 1 spiro atoms. The summed E-state index contributed by atoms with van der Waals surface area (Å²) < 4.78 is 6.26. The minimum absolute atomic E-state index is 0.0102. The van der Waals surface area contributed by atoms with Crippen molar-refractivity contribution in [3.8, 4) is 0 Å². The molecule has 128 valence electrons. The molecule has 1 aromatic rings. The number of rotatable bonds is 1. The average Bonchev–Trinajstić information content (AvgIpc) is 3.08. The second-order valence-corrected chi connectivity index (χ2v) is 8.22. The number of para-hydroxylation sites is 1. The summed E-state index contributed by atoms with van der Waals surface area (Å²) in [5, 5.41) is 3.08. The van der Waals surface area contributed by atoms with Gasteiger partial charge in [-0.2, -0.15) is 0 Å². The van der Waals surface area contributed by atoms with Crippen LogP contribution in [-0.2, 0) is 19.7 Å². The lowest BCUT2D eigenvalue weighted by atomic mass is 9.51. The summed E-state index contributed by atoms with van der Waals surface area (Å²) >= 11 is 0. The lowest BCUT2D eigenvalue weighted by Crippen LogP contribution is -2.63. The summed E-state index contributed by atoms with van der Waals surface area (Å²) in [6.45, 7) is 4.70. The predicted molar refractivity (Wildman–Crippen MR) is 90.8 cm³/mol. The first kappa shape index (κ1) is 14.1. The van der Waals surface area contributed by atoms with Gasteiger partial charge in [-0.05, 0) is 24.0 Å². The molecule has 2 amide bonds. The number of nitrogens with zero attached hydrogens (tertiary/aromatic N) is 1. The van der Waals surface area contributed by atoms with Gasteiger partial charge in [0.15, 0.2) is 0 Å². The lowest BCUT2D eigenvalue weighted by Gasteiger charge is -2.53. The van der Waals surface area contributed by atoms with Crippen LogP contribution in [0.25, 0.3) is 0 Å². The maximum atomic E-state index is 13.4. The largest absolute Gasteiger partial charge is 0.376 e. The molecular formula is C20H20N2O3. The first-order chi connectivity index (χ1) is 12.1. The Morgan fingerprint density at radius 1 is 1.36 bits per heavy atom. The van der Waals surface area contributed by atoms with Crippen molar-refractivity contribution in [2.75, 3.05) is 19.0 Å². The van der Waals surface area contributed by atoms with E-state index in [1.807, 2.05) is 42.3 Å². The Bertz CT molecular complexity index is 866. The summed E-state index contributed by atoms with van der Waals surface area (Å²) in [7, 11) is 1.88. The van der Waals surface area contributed by atoms with E-state index in [2.05, 4.69) is 11.9 Å². The van der Waals surface area contributed by atoms with Crippen LogP contribution in [0.1, 0.15) is 12.0 Å². The number of nitrogens with one attached hydrogen (secondary N) is 1. The number of carbonyl (C=O) groups is 2. The van der Waals surface area contributed by atoms with Gasteiger partial charge in [0, 0.05) is 30.6 Å². The van der Waals surface area contributed by atoms with Gasteiger partial charge >= 0.3 is 0 Å². The molecule has 5 bridgehead atoms. The highest BCUT2D eigenvalue weighted by Crippen LogP contribution is 2.73. The number of amides is 2. The van der Waals surface area contributed by atoms with Gasteiger partial charge in [-0.3, -0.25) is 9.59 Å². The highest BCUT2D eigenvalue weighted by atomic mass is 16.5. The predicted octanol–water partition coefficient (Wildman–Crippen LogP) is 1.55. The van der Waals surface area contributed by atoms with E-state index in [-0.39, 0.29) is 35.8 Å². The number of carbonyl (C=O) groups excluding carboxylic acids is 2. The van der Waals surface area contributed by atoms with Crippen molar-refractivity contribution in [1.29, 1.82) is 0 Å². The molecule has 2 saturated carbocycles. The molecule has 0 unspecified atom stereocenters. The summed E-state index contributed by atoms with van der Waals surface area (Å²) in [4.78, 5) is 28.5. The van der Waals surface area contributed by atoms with Gasteiger partial charge < -0.3 is 15.0 Å². The van der Waals surface area contributed by atoms with E-state index < -0.39 is 10.8 Å². The Balaban J connectivity index is 1.71. The van der Waals surface area contributed by atoms with Crippen molar-refractivity contribution in [3.05, 3.63) is 42.5 Å². The van der Waals surface area contributed by atoms with E-state index in [1.165, 1.54) is 0 Å². The van der Waals surface area contributed by atoms with Crippen molar-refractivity contribution < 1.29 is 14.3 Å². The molecule has 5 aliphatic rings. The molecule has 3 aliphatic heterocycles. The van der Waals surface area contributed by atoms with Crippen LogP contribution in [0.5, 0.6) is 0 Å². The van der Waals surface area contributed by atoms with E-state index in [4.69, 9.17) is 4.74 Å². The van der Waals surface area contributed by atoms with E-state index in [1.54, 1.807) is 0 Å². The zero-order chi connectivity index (χ0) is 17.1. The second-order valence-electron chi connectivity index (χ2n) is 8.22. The molecule has 0 aromatic heterocycles. The van der Waals surface area contributed by atoms with E-state index in [0.29, 0.717) is 12.5 Å². The first-order valence-corrected chi connectivity index (χ1v) is 9.02. The molecule has 2 saturated heterocycles. The highest BCUT2D eigenvalue weighted by molar-refractivity contribution is 6.09. The third-order valence-electron chi connectivity index (χ3n) is 7.85. The Labute approximate surface area is 146 Å². The van der Waals surface area contributed by atoms with Crippen LogP contribution in [0.3, 0.4) is 0 Å². The summed E-state index contributed by atoms with van der Waals surface area (Å²) in [5.74, 6) is 0.560. The molecule has 1 N–H and O–H groups in total. The van der Waals surface area contributed by atoms with Gasteiger partial charge in [0.2, 0.25) is 11.8 Å². The number of hydrogen-bond donors (Lipinski definition) is 1. The molecule has 5 nitrogen and oxygen atoms in total. The SMILES string of the molecule is C=C[C@]12C(=O)N(C)[C@@H]3[C@H]4CO[C@@H](C[C@H]41)[C@]1(C(=O)Nc4ccccc41)[C@@H]32.